The molecule has 0 aliphatic heterocycles. The van der Waals surface area contributed by atoms with Gasteiger partial charge in [-0.1, -0.05) is 0 Å². The molecule has 106 valence electrons. The van der Waals surface area contributed by atoms with E-state index in [9.17, 15) is 9.59 Å². The highest BCUT2D eigenvalue weighted by atomic mass is 79.9. The van der Waals surface area contributed by atoms with Crippen molar-refractivity contribution < 1.29 is 14.3 Å². The zero-order valence-corrected chi connectivity index (χ0v) is 14.1. The standard InChI is InChI=1S/C13H18BrNO3S/c1-7-6-9(19-10(7)14)11(16)15-8(2)12(17)18-13(3,4)5/h6,8H,1-5H3,(H,15,16)/t8-/m1/s1. The molecule has 0 aliphatic carbocycles. The van der Waals surface area contributed by atoms with E-state index in [1.54, 1.807) is 33.8 Å². The van der Waals surface area contributed by atoms with Crippen molar-refractivity contribution in [3.63, 3.8) is 0 Å². The van der Waals surface area contributed by atoms with Crippen LogP contribution in [0.25, 0.3) is 0 Å². The first-order valence-corrected chi connectivity index (χ1v) is 7.51. The third kappa shape index (κ3) is 4.95. The molecule has 1 atom stereocenters. The maximum atomic E-state index is 12.0. The second-order valence-corrected chi connectivity index (χ2v) is 7.67. The number of carbonyl (C=O) groups excluding carboxylic acids is 2. The summed E-state index contributed by atoms with van der Waals surface area (Å²) >= 11 is 4.71. The molecule has 19 heavy (non-hydrogen) atoms. The van der Waals surface area contributed by atoms with Crippen molar-refractivity contribution in [2.45, 2.75) is 46.3 Å². The fourth-order valence-corrected chi connectivity index (χ4v) is 2.73. The van der Waals surface area contributed by atoms with Crippen molar-refractivity contribution in [2.75, 3.05) is 0 Å². The van der Waals surface area contributed by atoms with Gasteiger partial charge in [-0.05, 0) is 62.2 Å². The predicted octanol–water partition coefficient (Wildman–Crippen LogP) is 3.28. The van der Waals surface area contributed by atoms with Crippen LogP contribution in [0.2, 0.25) is 0 Å². The van der Waals surface area contributed by atoms with Gasteiger partial charge >= 0.3 is 5.97 Å². The zero-order chi connectivity index (χ0) is 14.8. The van der Waals surface area contributed by atoms with E-state index in [2.05, 4.69) is 21.2 Å². The Balaban J connectivity index is 2.64. The molecule has 1 amide bonds. The summed E-state index contributed by atoms with van der Waals surface area (Å²) in [6, 6.07) is 1.11. The van der Waals surface area contributed by atoms with Gasteiger partial charge in [0.25, 0.3) is 5.91 Å². The third-order valence-electron chi connectivity index (χ3n) is 2.19. The number of hydrogen-bond acceptors (Lipinski definition) is 4. The Morgan fingerprint density at radius 1 is 1.42 bits per heavy atom. The summed E-state index contributed by atoms with van der Waals surface area (Å²) in [6.45, 7) is 8.90. The van der Waals surface area contributed by atoms with Gasteiger partial charge < -0.3 is 10.1 Å². The second kappa shape index (κ2) is 6.05. The number of rotatable bonds is 3. The first-order chi connectivity index (χ1) is 8.60. The summed E-state index contributed by atoms with van der Waals surface area (Å²) in [6.07, 6.45) is 0. The van der Waals surface area contributed by atoms with Crippen molar-refractivity contribution in [1.82, 2.24) is 5.32 Å². The Morgan fingerprint density at radius 2 is 2.00 bits per heavy atom. The molecule has 0 bridgehead atoms. The lowest BCUT2D eigenvalue weighted by Gasteiger charge is -2.22. The van der Waals surface area contributed by atoms with E-state index in [1.807, 2.05) is 6.92 Å². The summed E-state index contributed by atoms with van der Waals surface area (Å²) in [7, 11) is 0. The molecule has 1 heterocycles. The lowest BCUT2D eigenvalue weighted by atomic mass is 10.2. The van der Waals surface area contributed by atoms with E-state index < -0.39 is 17.6 Å². The van der Waals surface area contributed by atoms with Crippen LogP contribution in [-0.2, 0) is 9.53 Å². The first-order valence-electron chi connectivity index (χ1n) is 5.90. The number of nitrogens with one attached hydrogen (secondary N) is 1. The number of aryl methyl sites for hydroxylation is 1. The lowest BCUT2D eigenvalue weighted by Crippen LogP contribution is -2.42. The van der Waals surface area contributed by atoms with Crippen molar-refractivity contribution in [2.24, 2.45) is 0 Å². The molecule has 1 rings (SSSR count). The maximum Gasteiger partial charge on any atom is 0.328 e. The van der Waals surface area contributed by atoms with E-state index in [-0.39, 0.29) is 5.91 Å². The SMILES string of the molecule is Cc1cc(C(=O)N[C@H](C)C(=O)OC(C)(C)C)sc1Br. The molecule has 0 unspecified atom stereocenters. The van der Waals surface area contributed by atoms with E-state index in [0.29, 0.717) is 4.88 Å². The molecule has 0 spiro atoms. The number of halogens is 1. The summed E-state index contributed by atoms with van der Waals surface area (Å²) in [5, 5.41) is 2.64. The van der Waals surface area contributed by atoms with Crippen LogP contribution in [-0.4, -0.2) is 23.5 Å². The number of ether oxygens (including phenoxy) is 1. The average Bonchev–Trinajstić information content (AvgIpc) is 2.56. The van der Waals surface area contributed by atoms with Gasteiger partial charge in [0.2, 0.25) is 0 Å². The van der Waals surface area contributed by atoms with Gasteiger partial charge in [-0.25, -0.2) is 4.79 Å². The summed E-state index contributed by atoms with van der Waals surface area (Å²) in [5.41, 5.74) is 0.443. The molecular formula is C13H18BrNO3S. The fourth-order valence-electron chi connectivity index (χ4n) is 1.29. The fraction of sp³-hybridized carbons (Fsp3) is 0.538. The Bertz CT molecular complexity index is 471. The molecule has 1 aromatic heterocycles. The molecule has 0 fully saturated rings. The molecule has 0 radical (unpaired) electrons. The highest BCUT2D eigenvalue weighted by Gasteiger charge is 2.24. The highest BCUT2D eigenvalue weighted by molar-refractivity contribution is 9.11. The number of thiophene rings is 1. The van der Waals surface area contributed by atoms with Crippen LogP contribution in [0.15, 0.2) is 9.85 Å². The molecule has 1 aromatic rings. The number of carbonyl (C=O) groups is 2. The molecule has 0 saturated heterocycles. The van der Waals surface area contributed by atoms with Crippen LogP contribution < -0.4 is 5.32 Å². The van der Waals surface area contributed by atoms with Gasteiger partial charge in [0, 0.05) is 0 Å². The molecule has 1 N–H and O–H groups in total. The van der Waals surface area contributed by atoms with Crippen molar-refractivity contribution in [1.29, 1.82) is 0 Å². The quantitative estimate of drug-likeness (QED) is 0.853. The van der Waals surface area contributed by atoms with Crippen LogP contribution in [0.5, 0.6) is 0 Å². The van der Waals surface area contributed by atoms with Gasteiger partial charge in [0.15, 0.2) is 0 Å². The van der Waals surface area contributed by atoms with E-state index >= 15 is 0 Å². The molecule has 0 aromatic carbocycles. The molecule has 6 heteroatoms. The Labute approximate surface area is 125 Å². The van der Waals surface area contributed by atoms with Gasteiger partial charge in [-0.3, -0.25) is 4.79 Å². The van der Waals surface area contributed by atoms with Crippen molar-refractivity contribution in [3.05, 3.63) is 20.3 Å². The van der Waals surface area contributed by atoms with Crippen LogP contribution in [0.1, 0.15) is 42.9 Å². The summed E-state index contributed by atoms with van der Waals surface area (Å²) < 4.78 is 6.12. The van der Waals surface area contributed by atoms with Crippen LogP contribution >= 0.6 is 27.3 Å². The lowest BCUT2D eigenvalue weighted by molar-refractivity contribution is -0.156. The minimum Gasteiger partial charge on any atom is -0.458 e. The van der Waals surface area contributed by atoms with E-state index in [1.165, 1.54) is 11.3 Å². The topological polar surface area (TPSA) is 55.4 Å². The normalized spacial score (nSPS) is 12.9. The highest BCUT2D eigenvalue weighted by Crippen LogP contribution is 2.27. The smallest absolute Gasteiger partial charge is 0.328 e. The van der Waals surface area contributed by atoms with E-state index in [4.69, 9.17) is 4.74 Å². The molecule has 4 nitrogen and oxygen atoms in total. The minimum atomic E-state index is -0.673. The number of esters is 1. The van der Waals surface area contributed by atoms with Gasteiger partial charge in [-0.15, -0.1) is 11.3 Å². The zero-order valence-electron chi connectivity index (χ0n) is 11.7. The molecule has 0 saturated carbocycles. The molecular weight excluding hydrogens is 330 g/mol. The van der Waals surface area contributed by atoms with Crippen LogP contribution in [0.3, 0.4) is 0 Å². The second-order valence-electron chi connectivity index (χ2n) is 5.30. The summed E-state index contributed by atoms with van der Waals surface area (Å²) in [4.78, 5) is 24.3. The maximum absolute atomic E-state index is 12.0. The van der Waals surface area contributed by atoms with Crippen molar-refractivity contribution >= 4 is 39.1 Å². The monoisotopic (exact) mass is 347 g/mol. The predicted molar refractivity (Wildman–Crippen MR) is 79.5 cm³/mol. The average molecular weight is 348 g/mol. The minimum absolute atomic E-state index is 0.267. The Kier molecular flexibility index (Phi) is 5.15. The Hall–Kier alpha value is -0.880. The van der Waals surface area contributed by atoms with Gasteiger partial charge in [0.1, 0.15) is 11.6 Å². The summed E-state index contributed by atoms with van der Waals surface area (Å²) in [5.74, 6) is -0.703. The van der Waals surface area contributed by atoms with Crippen LogP contribution in [0, 0.1) is 6.92 Å². The van der Waals surface area contributed by atoms with Gasteiger partial charge in [-0.2, -0.15) is 0 Å². The van der Waals surface area contributed by atoms with Crippen LogP contribution in [0.4, 0.5) is 0 Å². The first kappa shape index (κ1) is 16.2. The third-order valence-corrected chi connectivity index (χ3v) is 4.32. The van der Waals surface area contributed by atoms with Crippen molar-refractivity contribution in [3.8, 4) is 0 Å². The van der Waals surface area contributed by atoms with Gasteiger partial charge in [0.05, 0.1) is 8.66 Å². The number of hydrogen-bond donors (Lipinski definition) is 1. The Morgan fingerprint density at radius 3 is 2.42 bits per heavy atom. The number of amides is 1. The molecule has 0 aliphatic rings. The largest absolute Gasteiger partial charge is 0.458 e. The van der Waals surface area contributed by atoms with E-state index in [0.717, 1.165) is 9.35 Å².